The number of nitrogens with zero attached hydrogens (tertiary/aromatic N) is 5. The Hall–Kier alpha value is -3.17. The molecule has 1 amide bonds. The number of benzene rings is 1. The van der Waals surface area contributed by atoms with E-state index >= 15 is 0 Å². The second-order valence-electron chi connectivity index (χ2n) is 13.9. The van der Waals surface area contributed by atoms with Gasteiger partial charge in [0.25, 0.3) is 0 Å². The zero-order valence-corrected chi connectivity index (χ0v) is 26.9. The predicted molar refractivity (Wildman–Crippen MR) is 172 cm³/mol. The monoisotopic (exact) mass is 590 g/mol. The molecule has 3 heterocycles. The summed E-state index contributed by atoms with van der Waals surface area (Å²) in [5.74, 6) is 0.671. The van der Waals surface area contributed by atoms with E-state index in [2.05, 4.69) is 59.1 Å². The summed E-state index contributed by atoms with van der Waals surface area (Å²) in [5.41, 5.74) is 3.43. The summed E-state index contributed by atoms with van der Waals surface area (Å²) in [6, 6.07) is 9.42. The minimum absolute atomic E-state index is 0.225. The molecule has 1 saturated carbocycles. The summed E-state index contributed by atoms with van der Waals surface area (Å²) in [5, 5.41) is 15.1. The standard InChI is InChI=1S/C34H50N6O3/c1-7-8-24(2)36-31-35-21-28-29(23-40(30(28)37-31)27-13-15-34(6,42)16-14-27)26-11-9-25(10-12-26)22-38-17-19-39(20-18-38)32(41)43-33(3,4)5/h9-12,21,23-24,27,42H,7-8,13-20,22H2,1-6H3,(H,35,36,37)/t24-,27?,34?/m0/s1. The van der Waals surface area contributed by atoms with Crippen LogP contribution < -0.4 is 5.32 Å². The summed E-state index contributed by atoms with van der Waals surface area (Å²) >= 11 is 0. The second-order valence-corrected chi connectivity index (χ2v) is 13.9. The number of piperazine rings is 1. The summed E-state index contributed by atoms with van der Waals surface area (Å²) in [6.07, 6.45) is 9.59. The van der Waals surface area contributed by atoms with Gasteiger partial charge in [0.05, 0.1) is 5.60 Å². The van der Waals surface area contributed by atoms with Gasteiger partial charge < -0.3 is 24.6 Å². The fourth-order valence-electron chi connectivity index (χ4n) is 6.30. The number of nitrogens with one attached hydrogen (secondary N) is 1. The van der Waals surface area contributed by atoms with Crippen LogP contribution in [-0.2, 0) is 11.3 Å². The molecule has 2 aromatic heterocycles. The molecule has 1 aromatic carbocycles. The third-order valence-electron chi connectivity index (χ3n) is 8.79. The van der Waals surface area contributed by atoms with Crippen molar-refractivity contribution in [1.82, 2.24) is 24.3 Å². The fraction of sp³-hybridized carbons (Fsp3) is 0.618. The molecule has 2 fully saturated rings. The SMILES string of the molecule is CCC[C@H](C)Nc1ncc2c(-c3ccc(CN4CCN(C(=O)OC(C)(C)C)CC4)cc3)cn(C3CCC(C)(O)CC3)c2n1. The average molecular weight is 591 g/mol. The first-order valence-corrected chi connectivity index (χ1v) is 16.1. The van der Waals surface area contributed by atoms with Crippen molar-refractivity contribution in [2.75, 3.05) is 31.5 Å². The van der Waals surface area contributed by atoms with E-state index in [1.165, 1.54) is 5.56 Å². The molecular weight excluding hydrogens is 540 g/mol. The number of amides is 1. The van der Waals surface area contributed by atoms with Crippen molar-refractivity contribution in [2.45, 2.75) is 110 Å². The number of hydrogen-bond donors (Lipinski definition) is 2. The second kappa shape index (κ2) is 12.8. The number of carbonyl (C=O) groups excluding carboxylic acids is 1. The van der Waals surface area contributed by atoms with E-state index < -0.39 is 11.2 Å². The number of carbonyl (C=O) groups is 1. The zero-order valence-electron chi connectivity index (χ0n) is 26.9. The van der Waals surface area contributed by atoms with Gasteiger partial charge in [0.2, 0.25) is 5.95 Å². The Labute approximate surface area is 256 Å². The van der Waals surface area contributed by atoms with E-state index in [4.69, 9.17) is 14.7 Å². The highest BCUT2D eigenvalue weighted by Crippen LogP contribution is 2.39. The van der Waals surface area contributed by atoms with Crippen LogP contribution in [0.25, 0.3) is 22.2 Å². The molecule has 0 radical (unpaired) electrons. The van der Waals surface area contributed by atoms with Gasteiger partial charge in [-0.05, 0) is 77.8 Å². The Bertz CT molecular complexity index is 1380. The Morgan fingerprint density at radius 2 is 1.81 bits per heavy atom. The highest BCUT2D eigenvalue weighted by Gasteiger charge is 2.31. The molecule has 1 saturated heterocycles. The van der Waals surface area contributed by atoms with Crippen molar-refractivity contribution in [2.24, 2.45) is 0 Å². The highest BCUT2D eigenvalue weighted by atomic mass is 16.6. The number of ether oxygens (including phenoxy) is 1. The van der Waals surface area contributed by atoms with Crippen LogP contribution in [0, 0.1) is 0 Å². The van der Waals surface area contributed by atoms with Gasteiger partial charge in [-0.1, -0.05) is 37.6 Å². The van der Waals surface area contributed by atoms with Crippen LogP contribution in [0.15, 0.2) is 36.7 Å². The first kappa shape index (κ1) is 31.3. The predicted octanol–water partition coefficient (Wildman–Crippen LogP) is 6.62. The van der Waals surface area contributed by atoms with Crippen molar-refractivity contribution in [3.8, 4) is 11.1 Å². The van der Waals surface area contributed by atoms with Gasteiger partial charge in [0, 0.05) is 68.2 Å². The normalized spacial score (nSPS) is 22.5. The van der Waals surface area contributed by atoms with E-state index in [-0.39, 0.29) is 6.09 Å². The van der Waals surface area contributed by atoms with E-state index in [1.54, 1.807) is 4.90 Å². The largest absolute Gasteiger partial charge is 0.444 e. The Balaban J connectivity index is 1.32. The van der Waals surface area contributed by atoms with Gasteiger partial charge in [-0.25, -0.2) is 9.78 Å². The van der Waals surface area contributed by atoms with E-state index in [9.17, 15) is 9.90 Å². The zero-order chi connectivity index (χ0) is 30.8. The van der Waals surface area contributed by atoms with Crippen molar-refractivity contribution < 1.29 is 14.6 Å². The molecule has 1 atom stereocenters. The maximum Gasteiger partial charge on any atom is 0.410 e. The molecule has 9 nitrogen and oxygen atoms in total. The number of hydrogen-bond acceptors (Lipinski definition) is 7. The lowest BCUT2D eigenvalue weighted by atomic mass is 9.83. The van der Waals surface area contributed by atoms with Crippen LogP contribution in [-0.4, -0.2) is 79.0 Å². The van der Waals surface area contributed by atoms with Crippen LogP contribution in [0.2, 0.25) is 0 Å². The summed E-state index contributed by atoms with van der Waals surface area (Å²) < 4.78 is 7.87. The van der Waals surface area contributed by atoms with Crippen LogP contribution in [0.4, 0.5) is 10.7 Å². The highest BCUT2D eigenvalue weighted by molar-refractivity contribution is 5.94. The minimum Gasteiger partial charge on any atom is -0.444 e. The third kappa shape index (κ3) is 7.87. The summed E-state index contributed by atoms with van der Waals surface area (Å²) in [7, 11) is 0. The van der Waals surface area contributed by atoms with Crippen LogP contribution in [0.3, 0.4) is 0 Å². The van der Waals surface area contributed by atoms with Gasteiger partial charge in [0.1, 0.15) is 11.2 Å². The molecule has 9 heteroatoms. The van der Waals surface area contributed by atoms with Crippen molar-refractivity contribution in [1.29, 1.82) is 0 Å². The summed E-state index contributed by atoms with van der Waals surface area (Å²) in [4.78, 5) is 26.4. The lowest BCUT2D eigenvalue weighted by Crippen LogP contribution is -2.49. The van der Waals surface area contributed by atoms with Crippen molar-refractivity contribution in [3.05, 3.63) is 42.2 Å². The number of aromatic nitrogens is 3. The first-order valence-electron chi connectivity index (χ1n) is 16.1. The number of fused-ring (bicyclic) bond motifs is 1. The quantitative estimate of drug-likeness (QED) is 0.305. The van der Waals surface area contributed by atoms with Gasteiger partial charge in [0.15, 0.2) is 0 Å². The molecule has 0 bridgehead atoms. The lowest BCUT2D eigenvalue weighted by Gasteiger charge is -2.35. The van der Waals surface area contributed by atoms with E-state index in [1.807, 2.05) is 33.9 Å². The molecule has 1 aliphatic carbocycles. The van der Waals surface area contributed by atoms with E-state index in [0.29, 0.717) is 31.1 Å². The summed E-state index contributed by atoms with van der Waals surface area (Å²) in [6.45, 7) is 15.9. The molecule has 234 valence electrons. The maximum atomic E-state index is 12.4. The fourth-order valence-corrected chi connectivity index (χ4v) is 6.30. The Kier molecular flexibility index (Phi) is 9.32. The van der Waals surface area contributed by atoms with Gasteiger partial charge in [-0.3, -0.25) is 4.90 Å². The van der Waals surface area contributed by atoms with Crippen LogP contribution in [0.5, 0.6) is 0 Å². The van der Waals surface area contributed by atoms with E-state index in [0.717, 1.165) is 80.3 Å². The average Bonchev–Trinajstić information content (AvgIpc) is 3.32. The number of rotatable bonds is 8. The lowest BCUT2D eigenvalue weighted by molar-refractivity contribution is 0.0103. The Morgan fingerprint density at radius 1 is 1.14 bits per heavy atom. The van der Waals surface area contributed by atoms with Gasteiger partial charge in [-0.2, -0.15) is 4.98 Å². The molecule has 0 spiro atoms. The van der Waals surface area contributed by atoms with Crippen LogP contribution in [0.1, 0.15) is 91.7 Å². The number of aliphatic hydroxyl groups is 1. The van der Waals surface area contributed by atoms with Crippen molar-refractivity contribution >= 4 is 23.1 Å². The molecule has 43 heavy (non-hydrogen) atoms. The molecule has 5 rings (SSSR count). The van der Waals surface area contributed by atoms with Crippen LogP contribution >= 0.6 is 0 Å². The third-order valence-corrected chi connectivity index (χ3v) is 8.79. The van der Waals surface area contributed by atoms with Gasteiger partial charge >= 0.3 is 6.09 Å². The minimum atomic E-state index is -0.586. The van der Waals surface area contributed by atoms with Gasteiger partial charge in [-0.15, -0.1) is 0 Å². The first-order chi connectivity index (χ1) is 20.4. The number of anilines is 1. The molecular formula is C34H50N6O3. The smallest absolute Gasteiger partial charge is 0.410 e. The molecule has 2 N–H and O–H groups in total. The molecule has 2 aliphatic rings. The topological polar surface area (TPSA) is 95.8 Å². The molecule has 0 unspecified atom stereocenters. The Morgan fingerprint density at radius 3 is 2.44 bits per heavy atom. The molecule has 1 aliphatic heterocycles. The van der Waals surface area contributed by atoms with Crippen molar-refractivity contribution in [3.63, 3.8) is 0 Å². The maximum absolute atomic E-state index is 12.4. The molecule has 3 aromatic rings.